The Kier molecular flexibility index (Phi) is 5.71. The maximum atomic E-state index is 12.3. The molecule has 2 aliphatic heterocycles. The summed E-state index contributed by atoms with van der Waals surface area (Å²) in [7, 11) is 0. The lowest BCUT2D eigenvalue weighted by Gasteiger charge is -2.36. The van der Waals surface area contributed by atoms with Crippen LogP contribution in [-0.4, -0.2) is 79.6 Å². The second-order valence-corrected chi connectivity index (χ2v) is 7.55. The van der Waals surface area contributed by atoms with E-state index in [2.05, 4.69) is 15.9 Å². The van der Waals surface area contributed by atoms with E-state index in [0.29, 0.717) is 6.54 Å². The molecule has 0 atom stereocenters. The molecule has 0 unspecified atom stereocenters. The molecule has 1 amide bonds. The first-order valence-electron chi connectivity index (χ1n) is 7.75. The molecule has 0 aromatic carbocycles. The Morgan fingerprint density at radius 3 is 2.45 bits per heavy atom. The van der Waals surface area contributed by atoms with E-state index >= 15 is 0 Å². The highest BCUT2D eigenvalue weighted by molar-refractivity contribution is 7.16. The van der Waals surface area contributed by atoms with Gasteiger partial charge in [0.25, 0.3) is 0 Å². The van der Waals surface area contributed by atoms with Gasteiger partial charge in [0.15, 0.2) is 0 Å². The number of halogens is 1. The Labute approximate surface area is 140 Å². The Bertz CT molecular complexity index is 497. The van der Waals surface area contributed by atoms with Gasteiger partial charge in [0, 0.05) is 50.7 Å². The predicted octanol–water partition coefficient (Wildman–Crippen LogP) is 1.38. The summed E-state index contributed by atoms with van der Waals surface area (Å²) in [6, 6.07) is 4.03. The molecular formula is C15H22ClN3O2S. The van der Waals surface area contributed by atoms with Crippen LogP contribution >= 0.6 is 22.9 Å². The lowest BCUT2D eigenvalue weighted by molar-refractivity contribution is -0.135. The zero-order valence-corrected chi connectivity index (χ0v) is 14.2. The highest BCUT2D eigenvalue weighted by Gasteiger charge is 2.23. The smallest absolute Gasteiger partial charge is 0.236 e. The van der Waals surface area contributed by atoms with Crippen molar-refractivity contribution in [1.82, 2.24) is 14.7 Å². The van der Waals surface area contributed by atoms with Gasteiger partial charge in [-0.3, -0.25) is 14.6 Å². The molecule has 0 radical (unpaired) electrons. The van der Waals surface area contributed by atoms with Gasteiger partial charge in [-0.05, 0) is 12.1 Å². The van der Waals surface area contributed by atoms with Crippen LogP contribution in [0.1, 0.15) is 4.88 Å². The van der Waals surface area contributed by atoms with Crippen molar-refractivity contribution >= 4 is 28.8 Å². The highest BCUT2D eigenvalue weighted by Crippen LogP contribution is 2.23. The van der Waals surface area contributed by atoms with Crippen LogP contribution in [0.2, 0.25) is 4.34 Å². The fourth-order valence-corrected chi connectivity index (χ4v) is 3.99. The molecule has 2 aliphatic rings. The molecule has 1 aromatic heterocycles. The van der Waals surface area contributed by atoms with Crippen LogP contribution in [0.3, 0.4) is 0 Å². The third-order valence-corrected chi connectivity index (χ3v) is 5.41. The molecule has 3 heterocycles. The van der Waals surface area contributed by atoms with E-state index in [-0.39, 0.29) is 5.91 Å². The standard InChI is InChI=1S/C15H22ClN3O2S/c16-14-2-1-13(22-14)11-17-3-5-19(6-4-17)15(20)12-18-7-9-21-10-8-18/h1-2H,3-12H2. The molecule has 0 aliphatic carbocycles. The number of piperazine rings is 1. The molecule has 0 saturated carbocycles. The average molecular weight is 344 g/mol. The second-order valence-electron chi connectivity index (χ2n) is 5.75. The molecule has 1 aromatic rings. The third-order valence-electron chi connectivity index (χ3n) is 4.20. The van der Waals surface area contributed by atoms with Crippen molar-refractivity contribution in [2.45, 2.75) is 6.54 Å². The van der Waals surface area contributed by atoms with E-state index in [0.717, 1.165) is 63.4 Å². The van der Waals surface area contributed by atoms with Gasteiger partial charge in [-0.15, -0.1) is 11.3 Å². The molecule has 0 N–H and O–H groups in total. The molecule has 22 heavy (non-hydrogen) atoms. The van der Waals surface area contributed by atoms with Crippen LogP contribution < -0.4 is 0 Å². The first-order chi connectivity index (χ1) is 10.7. The zero-order valence-electron chi connectivity index (χ0n) is 12.7. The Morgan fingerprint density at radius 2 is 1.82 bits per heavy atom. The number of carbonyl (C=O) groups excluding carboxylic acids is 1. The highest BCUT2D eigenvalue weighted by atomic mass is 35.5. The van der Waals surface area contributed by atoms with Crippen LogP contribution in [-0.2, 0) is 16.1 Å². The van der Waals surface area contributed by atoms with Crippen molar-refractivity contribution in [3.8, 4) is 0 Å². The quantitative estimate of drug-likeness (QED) is 0.827. The molecule has 0 bridgehead atoms. The second kappa shape index (κ2) is 7.75. The van der Waals surface area contributed by atoms with Crippen LogP contribution in [0, 0.1) is 0 Å². The summed E-state index contributed by atoms with van der Waals surface area (Å²) in [5, 5.41) is 0. The number of carbonyl (C=O) groups is 1. The number of morpholine rings is 1. The van der Waals surface area contributed by atoms with E-state index in [4.69, 9.17) is 16.3 Å². The molecule has 122 valence electrons. The zero-order chi connectivity index (χ0) is 15.4. The van der Waals surface area contributed by atoms with Gasteiger partial charge in [-0.2, -0.15) is 0 Å². The van der Waals surface area contributed by atoms with Crippen molar-refractivity contribution in [3.63, 3.8) is 0 Å². The Balaban J connectivity index is 1.41. The summed E-state index contributed by atoms with van der Waals surface area (Å²) < 4.78 is 6.16. The molecule has 3 rings (SSSR count). The molecule has 2 fully saturated rings. The van der Waals surface area contributed by atoms with Crippen molar-refractivity contribution < 1.29 is 9.53 Å². The van der Waals surface area contributed by atoms with Crippen molar-refractivity contribution in [2.75, 3.05) is 59.0 Å². The average Bonchev–Trinajstić information content (AvgIpc) is 2.94. The lowest BCUT2D eigenvalue weighted by Crippen LogP contribution is -2.51. The van der Waals surface area contributed by atoms with Gasteiger partial charge in [0.05, 0.1) is 24.1 Å². The van der Waals surface area contributed by atoms with E-state index in [9.17, 15) is 4.79 Å². The monoisotopic (exact) mass is 343 g/mol. The Morgan fingerprint density at radius 1 is 1.09 bits per heavy atom. The number of ether oxygens (including phenoxy) is 1. The number of thiophene rings is 1. The largest absolute Gasteiger partial charge is 0.379 e. The number of amides is 1. The SMILES string of the molecule is O=C(CN1CCOCC1)N1CCN(Cc2ccc(Cl)s2)CC1. The minimum Gasteiger partial charge on any atom is -0.379 e. The topological polar surface area (TPSA) is 36.0 Å². The van der Waals surface area contributed by atoms with Gasteiger partial charge in [0.2, 0.25) is 5.91 Å². The summed E-state index contributed by atoms with van der Waals surface area (Å²) >= 11 is 7.61. The molecule has 0 spiro atoms. The maximum absolute atomic E-state index is 12.3. The lowest BCUT2D eigenvalue weighted by atomic mass is 10.3. The van der Waals surface area contributed by atoms with Crippen LogP contribution in [0.5, 0.6) is 0 Å². The Hall–Kier alpha value is -0.660. The number of hydrogen-bond donors (Lipinski definition) is 0. The van der Waals surface area contributed by atoms with E-state index in [1.165, 1.54) is 4.88 Å². The van der Waals surface area contributed by atoms with Gasteiger partial charge in [-0.1, -0.05) is 11.6 Å². The third kappa shape index (κ3) is 4.43. The fraction of sp³-hybridized carbons (Fsp3) is 0.667. The van der Waals surface area contributed by atoms with Crippen LogP contribution in [0.15, 0.2) is 12.1 Å². The summed E-state index contributed by atoms with van der Waals surface area (Å²) in [4.78, 5) is 20.2. The van der Waals surface area contributed by atoms with E-state index in [1.807, 2.05) is 11.0 Å². The maximum Gasteiger partial charge on any atom is 0.236 e. The van der Waals surface area contributed by atoms with Gasteiger partial charge in [0.1, 0.15) is 0 Å². The van der Waals surface area contributed by atoms with Gasteiger partial charge in [-0.25, -0.2) is 0 Å². The molecule has 7 heteroatoms. The van der Waals surface area contributed by atoms with E-state index < -0.39 is 0 Å². The van der Waals surface area contributed by atoms with Crippen LogP contribution in [0.4, 0.5) is 0 Å². The van der Waals surface area contributed by atoms with Crippen LogP contribution in [0.25, 0.3) is 0 Å². The van der Waals surface area contributed by atoms with Gasteiger partial charge < -0.3 is 9.64 Å². The van der Waals surface area contributed by atoms with Crippen molar-refractivity contribution in [1.29, 1.82) is 0 Å². The minimum atomic E-state index is 0.251. The first kappa shape index (κ1) is 16.2. The normalized spacial score (nSPS) is 21.2. The van der Waals surface area contributed by atoms with Gasteiger partial charge >= 0.3 is 0 Å². The first-order valence-corrected chi connectivity index (χ1v) is 8.94. The molecule has 5 nitrogen and oxygen atoms in total. The van der Waals surface area contributed by atoms with Crippen molar-refractivity contribution in [3.05, 3.63) is 21.3 Å². The van der Waals surface area contributed by atoms with E-state index in [1.54, 1.807) is 11.3 Å². The number of hydrogen-bond acceptors (Lipinski definition) is 5. The molecule has 2 saturated heterocycles. The predicted molar refractivity (Wildman–Crippen MR) is 88.4 cm³/mol. The number of rotatable bonds is 4. The molecular weight excluding hydrogens is 322 g/mol. The number of nitrogens with zero attached hydrogens (tertiary/aromatic N) is 3. The minimum absolute atomic E-state index is 0.251. The summed E-state index contributed by atoms with van der Waals surface area (Å²) in [6.07, 6.45) is 0. The summed E-state index contributed by atoms with van der Waals surface area (Å²) in [6.45, 7) is 8.19. The van der Waals surface area contributed by atoms with Crippen molar-refractivity contribution in [2.24, 2.45) is 0 Å². The summed E-state index contributed by atoms with van der Waals surface area (Å²) in [5.41, 5.74) is 0. The fourth-order valence-electron chi connectivity index (χ4n) is 2.86. The summed E-state index contributed by atoms with van der Waals surface area (Å²) in [5.74, 6) is 0.251.